The zero-order valence-corrected chi connectivity index (χ0v) is 18.0. The maximum absolute atomic E-state index is 12.3. The van der Waals surface area contributed by atoms with Gasteiger partial charge in [-0.1, -0.05) is 35.5 Å². The van der Waals surface area contributed by atoms with E-state index in [2.05, 4.69) is 27.9 Å². The van der Waals surface area contributed by atoms with Crippen LogP contribution in [0, 0.1) is 11.3 Å². The Morgan fingerprint density at radius 3 is 2.75 bits per heavy atom. The number of carbonyl (C=O) groups is 1. The van der Waals surface area contributed by atoms with E-state index in [0.717, 1.165) is 43.7 Å². The number of nitriles is 1. The summed E-state index contributed by atoms with van der Waals surface area (Å²) in [7, 11) is 0. The number of amides is 1. The van der Waals surface area contributed by atoms with Crippen LogP contribution >= 0.6 is 0 Å². The molecule has 2 aromatic carbocycles. The predicted molar refractivity (Wildman–Crippen MR) is 121 cm³/mol. The molecule has 0 radical (unpaired) electrons. The molecule has 0 spiro atoms. The Morgan fingerprint density at radius 1 is 1.16 bits per heavy atom. The number of hydrogen-bond acceptors (Lipinski definition) is 6. The average molecular weight is 431 g/mol. The molecule has 2 heterocycles. The van der Waals surface area contributed by atoms with Crippen molar-refractivity contribution in [2.24, 2.45) is 0 Å². The van der Waals surface area contributed by atoms with Gasteiger partial charge in [0.15, 0.2) is 5.76 Å². The Kier molecular flexibility index (Phi) is 6.95. The number of nitrogens with zero attached hydrogens (tertiary/aromatic N) is 2. The van der Waals surface area contributed by atoms with Crippen LogP contribution in [0.3, 0.4) is 0 Å². The molecule has 1 saturated heterocycles. The first kappa shape index (κ1) is 21.8. The summed E-state index contributed by atoms with van der Waals surface area (Å²) < 4.78 is 11.0. The summed E-state index contributed by atoms with van der Waals surface area (Å²) in [6.45, 7) is 4.06. The Morgan fingerprint density at radius 2 is 1.94 bits per heavy atom. The molecule has 164 valence electrons. The molecule has 1 fully saturated rings. The van der Waals surface area contributed by atoms with Gasteiger partial charge in [-0.15, -0.1) is 0 Å². The number of aromatic nitrogens is 1. The van der Waals surface area contributed by atoms with Crippen molar-refractivity contribution in [3.63, 3.8) is 0 Å². The summed E-state index contributed by atoms with van der Waals surface area (Å²) in [6, 6.07) is 19.1. The average Bonchev–Trinajstić information content (AvgIpc) is 3.34. The second-order valence-corrected chi connectivity index (χ2v) is 7.95. The molecule has 1 aliphatic heterocycles. The lowest BCUT2D eigenvalue weighted by Crippen LogP contribution is -2.34. The molecule has 0 unspecified atom stereocenters. The van der Waals surface area contributed by atoms with Gasteiger partial charge < -0.3 is 19.9 Å². The second kappa shape index (κ2) is 10.2. The van der Waals surface area contributed by atoms with E-state index in [4.69, 9.17) is 14.5 Å². The molecule has 7 heteroatoms. The van der Waals surface area contributed by atoms with Crippen molar-refractivity contribution < 1.29 is 14.1 Å². The highest BCUT2D eigenvalue weighted by molar-refractivity contribution is 5.95. The van der Waals surface area contributed by atoms with Crippen LogP contribution in [0.2, 0.25) is 0 Å². The van der Waals surface area contributed by atoms with Crippen LogP contribution in [0.4, 0.5) is 0 Å². The van der Waals surface area contributed by atoms with Gasteiger partial charge >= 0.3 is 0 Å². The van der Waals surface area contributed by atoms with Crippen LogP contribution in [0.1, 0.15) is 35.7 Å². The maximum atomic E-state index is 12.3. The number of hydrogen-bond donors (Lipinski definition) is 2. The van der Waals surface area contributed by atoms with Gasteiger partial charge in [0, 0.05) is 48.6 Å². The van der Waals surface area contributed by atoms with Crippen molar-refractivity contribution in [2.75, 3.05) is 13.2 Å². The Balaban J connectivity index is 1.46. The van der Waals surface area contributed by atoms with Crippen molar-refractivity contribution in [1.82, 2.24) is 15.8 Å². The Hall–Kier alpha value is -3.47. The fourth-order valence-electron chi connectivity index (χ4n) is 3.68. The molecule has 1 atom stereocenters. The summed E-state index contributed by atoms with van der Waals surface area (Å²) in [5.74, 6) is 0.371. The molecule has 7 nitrogen and oxygen atoms in total. The number of benzene rings is 2. The Labute approximate surface area is 187 Å². The minimum Gasteiger partial charge on any atom is -0.381 e. The summed E-state index contributed by atoms with van der Waals surface area (Å²) in [5, 5.41) is 19.3. The molecule has 4 rings (SSSR count). The van der Waals surface area contributed by atoms with E-state index < -0.39 is 6.04 Å². The first-order chi connectivity index (χ1) is 15.6. The minimum atomic E-state index is -0.557. The van der Waals surface area contributed by atoms with Crippen LogP contribution in [-0.4, -0.2) is 36.4 Å². The monoisotopic (exact) mass is 430 g/mol. The molecule has 32 heavy (non-hydrogen) atoms. The highest BCUT2D eigenvalue weighted by Gasteiger charge is 2.15. The van der Waals surface area contributed by atoms with E-state index in [9.17, 15) is 4.79 Å². The van der Waals surface area contributed by atoms with E-state index in [1.54, 1.807) is 25.1 Å². The molecule has 2 N–H and O–H groups in total. The number of rotatable bonds is 7. The van der Waals surface area contributed by atoms with Crippen molar-refractivity contribution >= 4 is 5.91 Å². The molecular formula is C25H26N4O3. The van der Waals surface area contributed by atoms with Gasteiger partial charge in [0.1, 0.15) is 11.7 Å². The van der Waals surface area contributed by atoms with Crippen LogP contribution in [-0.2, 0) is 11.3 Å². The van der Waals surface area contributed by atoms with Crippen molar-refractivity contribution in [2.45, 2.75) is 38.4 Å². The molecule has 1 aromatic heterocycles. The third-order valence-corrected chi connectivity index (χ3v) is 5.50. The van der Waals surface area contributed by atoms with Gasteiger partial charge in [-0.2, -0.15) is 5.26 Å². The third kappa shape index (κ3) is 5.41. The molecule has 0 saturated carbocycles. The zero-order valence-electron chi connectivity index (χ0n) is 18.0. The van der Waals surface area contributed by atoms with E-state index in [0.29, 0.717) is 23.1 Å². The molecule has 1 aliphatic rings. The quantitative estimate of drug-likeness (QED) is 0.589. The lowest BCUT2D eigenvalue weighted by molar-refractivity contribution is 0.0776. The summed E-state index contributed by atoms with van der Waals surface area (Å²) in [6.07, 6.45) is 2.08. The second-order valence-electron chi connectivity index (χ2n) is 7.95. The maximum Gasteiger partial charge on any atom is 0.252 e. The number of carbonyl (C=O) groups excluding carboxylic acids is 1. The topological polar surface area (TPSA) is 100 Å². The third-order valence-electron chi connectivity index (χ3n) is 5.50. The molecule has 0 aliphatic carbocycles. The van der Waals surface area contributed by atoms with E-state index >= 15 is 0 Å². The summed E-state index contributed by atoms with van der Waals surface area (Å²) >= 11 is 0. The first-order valence-electron chi connectivity index (χ1n) is 10.8. The first-order valence-corrected chi connectivity index (χ1v) is 10.8. The largest absolute Gasteiger partial charge is 0.381 e. The van der Waals surface area contributed by atoms with Crippen LogP contribution < -0.4 is 10.6 Å². The molecule has 1 amide bonds. The standard InChI is InChI=1S/C25H26N4O3/c1-17(15-26)28-25(30)21-7-3-5-19(13-21)23-14-24(32-29-23)20-6-2-4-18(12-20)16-27-22-8-10-31-11-9-22/h2-7,12-14,17,22,27H,8-11,16H2,1H3,(H,28,30)/t17-/m1/s1. The van der Waals surface area contributed by atoms with Gasteiger partial charge in [0.05, 0.1) is 6.07 Å². The van der Waals surface area contributed by atoms with Crippen molar-refractivity contribution in [3.8, 4) is 28.7 Å². The lowest BCUT2D eigenvalue weighted by Gasteiger charge is -2.23. The van der Waals surface area contributed by atoms with Crippen molar-refractivity contribution in [1.29, 1.82) is 5.26 Å². The molecule has 3 aromatic rings. The van der Waals surface area contributed by atoms with Crippen LogP contribution in [0.5, 0.6) is 0 Å². The van der Waals surface area contributed by atoms with Gasteiger partial charge in [-0.3, -0.25) is 4.79 Å². The Bertz CT molecular complexity index is 1110. The lowest BCUT2D eigenvalue weighted by atomic mass is 10.0. The highest BCUT2D eigenvalue weighted by Crippen LogP contribution is 2.27. The summed E-state index contributed by atoms with van der Waals surface area (Å²) in [4.78, 5) is 12.3. The van der Waals surface area contributed by atoms with E-state index in [1.165, 1.54) is 5.56 Å². The zero-order chi connectivity index (χ0) is 22.3. The summed E-state index contributed by atoms with van der Waals surface area (Å²) in [5.41, 5.74) is 4.02. The van der Waals surface area contributed by atoms with Gasteiger partial charge in [0.25, 0.3) is 5.91 Å². The number of nitrogens with one attached hydrogen (secondary N) is 2. The van der Waals surface area contributed by atoms with E-state index in [1.807, 2.05) is 30.3 Å². The van der Waals surface area contributed by atoms with Crippen LogP contribution in [0.15, 0.2) is 59.1 Å². The smallest absolute Gasteiger partial charge is 0.252 e. The fraction of sp³-hybridized carbons (Fsp3) is 0.320. The normalized spacial score (nSPS) is 15.1. The molecule has 0 bridgehead atoms. The van der Waals surface area contributed by atoms with E-state index in [-0.39, 0.29) is 5.91 Å². The van der Waals surface area contributed by atoms with Gasteiger partial charge in [0.2, 0.25) is 0 Å². The highest BCUT2D eigenvalue weighted by atomic mass is 16.5. The fourth-order valence-corrected chi connectivity index (χ4v) is 3.68. The van der Waals surface area contributed by atoms with Crippen LogP contribution in [0.25, 0.3) is 22.6 Å². The number of ether oxygens (including phenoxy) is 1. The molecular weight excluding hydrogens is 404 g/mol. The van der Waals surface area contributed by atoms with Gasteiger partial charge in [-0.25, -0.2) is 0 Å². The minimum absolute atomic E-state index is 0.297. The SMILES string of the molecule is C[C@H](C#N)NC(=O)c1cccc(-c2cc(-c3cccc(CNC4CCOCC4)c3)on2)c1. The van der Waals surface area contributed by atoms with Gasteiger partial charge in [-0.05, 0) is 43.5 Å². The predicted octanol–water partition coefficient (Wildman–Crippen LogP) is 3.92. The van der Waals surface area contributed by atoms with Crippen molar-refractivity contribution in [3.05, 3.63) is 65.7 Å².